The molecule has 1 aliphatic rings. The van der Waals surface area contributed by atoms with E-state index in [2.05, 4.69) is 15.5 Å². The van der Waals surface area contributed by atoms with Crippen LogP contribution in [0, 0.1) is 0 Å². The van der Waals surface area contributed by atoms with Crippen LogP contribution in [0.1, 0.15) is 25.5 Å². The van der Waals surface area contributed by atoms with Crippen LogP contribution in [0.15, 0.2) is 21.8 Å². The highest BCUT2D eigenvalue weighted by Gasteiger charge is 2.28. The molecular weight excluding hydrogens is 374 g/mol. The molecule has 11 heteroatoms. The van der Waals surface area contributed by atoms with Crippen LogP contribution in [-0.4, -0.2) is 81.1 Å². The number of carbonyl (C=O) groups excluding carboxylic acids is 1. The lowest BCUT2D eigenvalue weighted by molar-refractivity contribution is -0.143. The molecular formula is C16H27N5O5S. The maximum Gasteiger partial charge on any atom is 0.305 e. The Balaban J connectivity index is 1.77. The number of rotatable bonds is 8. The molecule has 1 saturated heterocycles. The molecule has 0 unspecified atom stereocenters. The van der Waals surface area contributed by atoms with E-state index in [1.54, 1.807) is 20.0 Å². The molecule has 0 spiro atoms. The van der Waals surface area contributed by atoms with Gasteiger partial charge in [-0.25, -0.2) is 8.42 Å². The molecule has 2 rings (SSSR count). The molecule has 1 aromatic rings. The largest absolute Gasteiger partial charge is 0.466 e. The summed E-state index contributed by atoms with van der Waals surface area (Å²) < 4.78 is 36.0. The van der Waals surface area contributed by atoms with Gasteiger partial charge in [0.15, 0.2) is 5.96 Å². The highest BCUT2D eigenvalue weighted by molar-refractivity contribution is 7.88. The van der Waals surface area contributed by atoms with Crippen molar-refractivity contribution in [2.75, 3.05) is 46.4 Å². The monoisotopic (exact) mass is 401 g/mol. The number of ether oxygens (including phenoxy) is 1. The van der Waals surface area contributed by atoms with E-state index in [0.29, 0.717) is 63.8 Å². The van der Waals surface area contributed by atoms with Crippen LogP contribution in [0.5, 0.6) is 0 Å². The smallest absolute Gasteiger partial charge is 0.305 e. The molecule has 10 nitrogen and oxygen atoms in total. The maximum absolute atomic E-state index is 12.5. The summed E-state index contributed by atoms with van der Waals surface area (Å²) in [5.74, 6) is 0.331. The Morgan fingerprint density at radius 3 is 2.70 bits per heavy atom. The summed E-state index contributed by atoms with van der Waals surface area (Å²) in [6.45, 7) is 4.59. The Hall–Kier alpha value is -2.14. The van der Waals surface area contributed by atoms with Gasteiger partial charge in [-0.3, -0.25) is 9.79 Å². The van der Waals surface area contributed by atoms with Crippen LogP contribution >= 0.6 is 0 Å². The molecule has 0 radical (unpaired) electrons. The first kappa shape index (κ1) is 21.2. The third kappa shape index (κ3) is 6.51. The molecule has 0 atom stereocenters. The molecule has 0 amide bonds. The summed E-state index contributed by atoms with van der Waals surface area (Å²) in [7, 11) is -1.74. The van der Waals surface area contributed by atoms with Gasteiger partial charge in [-0.15, -0.1) is 0 Å². The van der Waals surface area contributed by atoms with E-state index in [1.165, 1.54) is 10.6 Å². The fourth-order valence-electron chi connectivity index (χ4n) is 2.77. The first-order chi connectivity index (χ1) is 13.0. The predicted molar refractivity (Wildman–Crippen MR) is 99.5 cm³/mol. The molecule has 0 aromatic carbocycles. The zero-order valence-corrected chi connectivity index (χ0v) is 16.6. The predicted octanol–water partition coefficient (Wildman–Crippen LogP) is 0.0407. The zero-order valence-electron chi connectivity index (χ0n) is 15.8. The SMILES string of the molecule is CCOC(=O)CCCNC(=NC)N1CCN(S(=O)(=O)Cc2ccon2)CC1. The van der Waals surface area contributed by atoms with Crippen molar-refractivity contribution in [3.8, 4) is 0 Å². The minimum Gasteiger partial charge on any atom is -0.466 e. The second kappa shape index (κ2) is 10.3. The van der Waals surface area contributed by atoms with Gasteiger partial charge in [-0.2, -0.15) is 4.31 Å². The zero-order chi connectivity index (χ0) is 19.7. The van der Waals surface area contributed by atoms with Crippen LogP contribution in [0.25, 0.3) is 0 Å². The minimum atomic E-state index is -3.43. The Morgan fingerprint density at radius 2 is 2.11 bits per heavy atom. The molecule has 152 valence electrons. The standard InChI is InChI=1S/C16H27N5O5S/c1-3-25-15(22)5-4-7-18-16(17-2)20-8-10-21(11-9-20)27(23,24)13-14-6-12-26-19-14/h6,12H,3-5,7-11,13H2,1-2H3,(H,17,18). The van der Waals surface area contributed by atoms with Crippen molar-refractivity contribution in [3.63, 3.8) is 0 Å². The lowest BCUT2D eigenvalue weighted by Crippen LogP contribution is -2.54. The number of nitrogens with one attached hydrogen (secondary N) is 1. The molecule has 27 heavy (non-hydrogen) atoms. The van der Waals surface area contributed by atoms with E-state index in [9.17, 15) is 13.2 Å². The highest BCUT2D eigenvalue weighted by atomic mass is 32.2. The van der Waals surface area contributed by atoms with Crippen molar-refractivity contribution in [2.45, 2.75) is 25.5 Å². The van der Waals surface area contributed by atoms with Gasteiger partial charge < -0.3 is 19.5 Å². The first-order valence-corrected chi connectivity index (χ1v) is 10.6. The van der Waals surface area contributed by atoms with Crippen molar-refractivity contribution >= 4 is 22.0 Å². The fraction of sp³-hybridized carbons (Fsp3) is 0.688. The third-order valence-electron chi connectivity index (χ3n) is 4.11. The number of esters is 1. The minimum absolute atomic E-state index is 0.162. The molecule has 1 aromatic heterocycles. The summed E-state index contributed by atoms with van der Waals surface area (Å²) in [6.07, 6.45) is 2.36. The topological polar surface area (TPSA) is 117 Å². The van der Waals surface area contributed by atoms with Gasteiger partial charge in [0.1, 0.15) is 12.0 Å². The summed E-state index contributed by atoms with van der Waals surface area (Å²) in [5, 5.41) is 6.87. The van der Waals surface area contributed by atoms with Gasteiger partial charge in [0, 0.05) is 52.3 Å². The lowest BCUT2D eigenvalue weighted by Gasteiger charge is -2.35. The number of guanidine groups is 1. The molecule has 1 N–H and O–H groups in total. The summed E-state index contributed by atoms with van der Waals surface area (Å²) in [5.41, 5.74) is 0.400. The Morgan fingerprint density at radius 1 is 1.37 bits per heavy atom. The van der Waals surface area contributed by atoms with Crippen molar-refractivity contribution < 1.29 is 22.5 Å². The number of aliphatic imine (C=N–C) groups is 1. The van der Waals surface area contributed by atoms with Crippen LogP contribution < -0.4 is 5.32 Å². The average Bonchev–Trinajstić information content (AvgIpc) is 3.14. The number of nitrogens with zero attached hydrogens (tertiary/aromatic N) is 4. The molecule has 1 fully saturated rings. The van der Waals surface area contributed by atoms with Crippen molar-refractivity contribution in [3.05, 3.63) is 18.0 Å². The second-order valence-electron chi connectivity index (χ2n) is 6.02. The Labute approximate surface area is 159 Å². The molecule has 2 heterocycles. The van der Waals surface area contributed by atoms with E-state index < -0.39 is 10.0 Å². The maximum atomic E-state index is 12.5. The van der Waals surface area contributed by atoms with Crippen molar-refractivity contribution in [1.82, 2.24) is 19.7 Å². The van der Waals surface area contributed by atoms with Gasteiger partial charge in [0.25, 0.3) is 0 Å². The first-order valence-electron chi connectivity index (χ1n) is 8.94. The van der Waals surface area contributed by atoms with Gasteiger partial charge in [0.05, 0.1) is 12.3 Å². The second-order valence-corrected chi connectivity index (χ2v) is 7.98. The number of sulfonamides is 1. The lowest BCUT2D eigenvalue weighted by atomic mass is 10.3. The summed E-state index contributed by atoms with van der Waals surface area (Å²) >= 11 is 0. The third-order valence-corrected chi connectivity index (χ3v) is 5.92. The van der Waals surface area contributed by atoms with Gasteiger partial charge in [-0.1, -0.05) is 5.16 Å². The van der Waals surface area contributed by atoms with Crippen LogP contribution in [0.2, 0.25) is 0 Å². The Kier molecular flexibility index (Phi) is 8.04. The van der Waals surface area contributed by atoms with Gasteiger partial charge in [-0.05, 0) is 13.3 Å². The van der Waals surface area contributed by atoms with E-state index in [1.807, 2.05) is 4.90 Å². The Bertz CT molecular complexity index is 712. The number of hydrogen-bond donors (Lipinski definition) is 1. The average molecular weight is 401 g/mol. The van der Waals surface area contributed by atoms with E-state index >= 15 is 0 Å². The highest BCUT2D eigenvalue weighted by Crippen LogP contribution is 2.12. The molecule has 0 aliphatic carbocycles. The molecule has 0 bridgehead atoms. The summed E-state index contributed by atoms with van der Waals surface area (Å²) in [6, 6.07) is 1.55. The van der Waals surface area contributed by atoms with Crippen LogP contribution in [0.3, 0.4) is 0 Å². The van der Waals surface area contributed by atoms with Crippen LogP contribution in [-0.2, 0) is 25.3 Å². The summed E-state index contributed by atoms with van der Waals surface area (Å²) in [4.78, 5) is 17.6. The molecule has 1 aliphatic heterocycles. The number of carbonyl (C=O) groups is 1. The van der Waals surface area contributed by atoms with E-state index in [-0.39, 0.29) is 11.7 Å². The fourth-order valence-corrected chi connectivity index (χ4v) is 4.19. The number of piperazine rings is 1. The van der Waals surface area contributed by atoms with E-state index in [4.69, 9.17) is 9.26 Å². The quantitative estimate of drug-likeness (QED) is 0.281. The number of hydrogen-bond acceptors (Lipinski definition) is 7. The van der Waals surface area contributed by atoms with E-state index in [0.717, 1.165) is 0 Å². The molecule has 0 saturated carbocycles. The van der Waals surface area contributed by atoms with Gasteiger partial charge in [0.2, 0.25) is 10.0 Å². The normalized spacial score (nSPS) is 16.4. The van der Waals surface area contributed by atoms with Crippen LogP contribution in [0.4, 0.5) is 0 Å². The number of aromatic nitrogens is 1. The van der Waals surface area contributed by atoms with Crippen molar-refractivity contribution in [1.29, 1.82) is 0 Å². The van der Waals surface area contributed by atoms with Gasteiger partial charge >= 0.3 is 5.97 Å². The van der Waals surface area contributed by atoms with Crippen molar-refractivity contribution in [2.24, 2.45) is 4.99 Å².